The number of rotatable bonds is 5. The molecular weight excluding hydrogens is 544 g/mol. The summed E-state index contributed by atoms with van der Waals surface area (Å²) in [6.45, 7) is 4.47. The highest BCUT2D eigenvalue weighted by atomic mass is 35.5. The van der Waals surface area contributed by atoms with Crippen molar-refractivity contribution in [3.8, 4) is 17.0 Å². The number of methoxy groups -OCH3 is 1. The Kier molecular flexibility index (Phi) is 6.74. The molecule has 1 fully saturated rings. The molecule has 4 heterocycles. The van der Waals surface area contributed by atoms with Crippen molar-refractivity contribution >= 4 is 40.0 Å². The van der Waals surface area contributed by atoms with Gasteiger partial charge in [0, 0.05) is 37.3 Å². The van der Waals surface area contributed by atoms with Gasteiger partial charge in [0.25, 0.3) is 0 Å². The smallest absolute Gasteiger partial charge is 0.201 e. The number of amidine groups is 1. The lowest BCUT2D eigenvalue weighted by Gasteiger charge is -2.45. The minimum atomic E-state index is -1.15. The van der Waals surface area contributed by atoms with Gasteiger partial charge in [-0.15, -0.1) is 0 Å². The molecule has 0 radical (unpaired) electrons. The van der Waals surface area contributed by atoms with Gasteiger partial charge >= 0.3 is 0 Å². The maximum Gasteiger partial charge on any atom is 0.201 e. The van der Waals surface area contributed by atoms with E-state index in [-0.39, 0.29) is 28.2 Å². The largest absolute Gasteiger partial charge is 0.494 e. The van der Waals surface area contributed by atoms with Gasteiger partial charge in [0.1, 0.15) is 29.7 Å². The summed E-state index contributed by atoms with van der Waals surface area (Å²) in [4.78, 5) is 13.4. The highest BCUT2D eigenvalue weighted by Crippen LogP contribution is 2.42. The van der Waals surface area contributed by atoms with Crippen LogP contribution in [0.2, 0.25) is 5.02 Å². The summed E-state index contributed by atoms with van der Waals surface area (Å²) >= 11 is 6.49. The second-order valence-electron chi connectivity index (χ2n) is 9.43. The Morgan fingerprint density at radius 1 is 1.15 bits per heavy atom. The average molecular weight is 570 g/mol. The summed E-state index contributed by atoms with van der Waals surface area (Å²) in [5, 5.41) is 23.9. The predicted molar refractivity (Wildman–Crippen MR) is 146 cm³/mol. The molecule has 0 bridgehead atoms. The number of piperazine rings is 1. The Balaban J connectivity index is 1.54. The third kappa shape index (κ3) is 4.13. The predicted octanol–water partition coefficient (Wildman–Crippen LogP) is 3.43. The standard InChI is InChI=1S/C26H26ClF2N9O2/c1-13(24-34-16-5-3-4-15(27)18(16)26(39)38(24)36-10-8-31-9-11-36)37-25-19(23(30)32-12-33-25)22(35-37)14-6-7-17(40-2)21(29)20(14)28/h3-7,12-13,26,31,39H,8-11H2,1-2H3,(H2,30,32,33). The zero-order chi connectivity index (χ0) is 28.1. The number of anilines is 1. The van der Waals surface area contributed by atoms with Crippen LogP contribution in [0.15, 0.2) is 41.7 Å². The van der Waals surface area contributed by atoms with Gasteiger partial charge < -0.3 is 20.9 Å². The van der Waals surface area contributed by atoms with E-state index in [9.17, 15) is 9.50 Å². The van der Waals surface area contributed by atoms with Gasteiger partial charge in [0.2, 0.25) is 5.82 Å². The topological polar surface area (TPSA) is 130 Å². The summed E-state index contributed by atoms with van der Waals surface area (Å²) in [5.41, 5.74) is 7.46. The van der Waals surface area contributed by atoms with Crippen molar-refractivity contribution < 1.29 is 18.6 Å². The summed E-state index contributed by atoms with van der Waals surface area (Å²) in [6.07, 6.45) is 0.156. The zero-order valence-corrected chi connectivity index (χ0v) is 22.4. The van der Waals surface area contributed by atoms with Crippen LogP contribution in [-0.2, 0) is 0 Å². The number of hydrogen-bond acceptors (Lipinski definition) is 10. The Morgan fingerprint density at radius 3 is 2.67 bits per heavy atom. The molecule has 6 rings (SSSR count). The van der Waals surface area contributed by atoms with Crippen molar-refractivity contribution in [3.63, 3.8) is 0 Å². The number of ether oxygens (including phenoxy) is 1. The van der Waals surface area contributed by atoms with Gasteiger partial charge in [-0.3, -0.25) is 5.01 Å². The van der Waals surface area contributed by atoms with Crippen molar-refractivity contribution in [1.82, 2.24) is 35.1 Å². The molecule has 2 atom stereocenters. The first-order valence-corrected chi connectivity index (χ1v) is 13.0. The Hall–Kier alpha value is -3.91. The Labute approximate surface area is 232 Å². The molecule has 40 heavy (non-hydrogen) atoms. The van der Waals surface area contributed by atoms with Gasteiger partial charge in [0.15, 0.2) is 23.4 Å². The van der Waals surface area contributed by atoms with Crippen LogP contribution in [0, 0.1) is 11.6 Å². The fourth-order valence-electron chi connectivity index (χ4n) is 5.19. The first-order chi connectivity index (χ1) is 19.3. The number of hydrazine groups is 1. The molecule has 2 unspecified atom stereocenters. The lowest BCUT2D eigenvalue weighted by molar-refractivity contribution is -0.0978. The molecule has 0 amide bonds. The van der Waals surface area contributed by atoms with Crippen LogP contribution in [-0.4, -0.2) is 74.0 Å². The van der Waals surface area contributed by atoms with Gasteiger partial charge in [-0.2, -0.15) is 9.49 Å². The molecule has 1 saturated heterocycles. The van der Waals surface area contributed by atoms with E-state index in [1.165, 1.54) is 30.3 Å². The van der Waals surface area contributed by atoms with Crippen LogP contribution < -0.4 is 15.8 Å². The minimum Gasteiger partial charge on any atom is -0.494 e. The fraction of sp³-hybridized carbons (Fsp3) is 0.308. The van der Waals surface area contributed by atoms with Crippen molar-refractivity contribution in [3.05, 3.63) is 58.9 Å². The second-order valence-corrected chi connectivity index (χ2v) is 9.84. The Bertz CT molecular complexity index is 1640. The molecule has 11 nitrogen and oxygen atoms in total. The minimum absolute atomic E-state index is 0.0517. The zero-order valence-electron chi connectivity index (χ0n) is 21.6. The first kappa shape index (κ1) is 26.3. The first-order valence-electron chi connectivity index (χ1n) is 12.6. The number of halogens is 3. The van der Waals surface area contributed by atoms with E-state index in [0.29, 0.717) is 53.9 Å². The van der Waals surface area contributed by atoms with Crippen molar-refractivity contribution in [2.24, 2.45) is 4.99 Å². The third-order valence-electron chi connectivity index (χ3n) is 7.17. The molecule has 2 aromatic carbocycles. The molecule has 4 N–H and O–H groups in total. The van der Waals surface area contributed by atoms with Crippen molar-refractivity contribution in [2.45, 2.75) is 19.2 Å². The molecule has 4 aromatic rings. The monoisotopic (exact) mass is 569 g/mol. The van der Waals surface area contributed by atoms with Gasteiger partial charge in [-0.05, 0) is 31.2 Å². The van der Waals surface area contributed by atoms with Crippen LogP contribution in [0.1, 0.15) is 24.8 Å². The maximum atomic E-state index is 15.2. The number of hydrogen-bond donors (Lipinski definition) is 3. The molecule has 0 saturated carbocycles. The molecule has 2 aromatic heterocycles. The fourth-order valence-corrected chi connectivity index (χ4v) is 5.46. The molecule has 2 aliphatic rings. The van der Waals surface area contributed by atoms with E-state index in [2.05, 4.69) is 20.4 Å². The lowest BCUT2D eigenvalue weighted by Crippen LogP contribution is -2.57. The summed E-state index contributed by atoms with van der Waals surface area (Å²) < 4.78 is 36.4. The highest BCUT2D eigenvalue weighted by Gasteiger charge is 2.38. The average Bonchev–Trinajstić information content (AvgIpc) is 3.35. The van der Waals surface area contributed by atoms with E-state index < -0.39 is 23.9 Å². The number of aliphatic hydroxyl groups excluding tert-OH is 1. The number of nitrogen functional groups attached to an aromatic ring is 1. The number of fused-ring (bicyclic) bond motifs is 2. The highest BCUT2D eigenvalue weighted by molar-refractivity contribution is 6.31. The second kappa shape index (κ2) is 10.2. The van der Waals surface area contributed by atoms with E-state index in [1.54, 1.807) is 23.2 Å². The number of aliphatic hydroxyl groups is 1. The normalized spacial score (nSPS) is 18.5. The maximum absolute atomic E-state index is 15.2. The van der Waals surface area contributed by atoms with E-state index in [1.807, 2.05) is 11.9 Å². The van der Waals surface area contributed by atoms with E-state index >= 15 is 4.39 Å². The third-order valence-corrected chi connectivity index (χ3v) is 7.50. The van der Waals surface area contributed by atoms with Crippen LogP contribution in [0.4, 0.5) is 20.3 Å². The summed E-state index contributed by atoms with van der Waals surface area (Å²) in [7, 11) is 1.25. The molecule has 2 aliphatic heterocycles. The van der Waals surface area contributed by atoms with Gasteiger partial charge in [-0.25, -0.2) is 29.0 Å². The van der Waals surface area contributed by atoms with Crippen LogP contribution in [0.5, 0.6) is 5.75 Å². The molecule has 208 valence electrons. The Morgan fingerprint density at radius 2 is 1.93 bits per heavy atom. The van der Waals surface area contributed by atoms with Crippen molar-refractivity contribution in [1.29, 1.82) is 0 Å². The number of nitrogens with two attached hydrogens (primary N) is 1. The van der Waals surface area contributed by atoms with E-state index in [4.69, 9.17) is 27.1 Å². The van der Waals surface area contributed by atoms with Crippen LogP contribution in [0.3, 0.4) is 0 Å². The molecular formula is C26H26ClF2N9O2. The number of aliphatic imine (C=N–C) groups is 1. The lowest BCUT2D eigenvalue weighted by atomic mass is 10.1. The van der Waals surface area contributed by atoms with Gasteiger partial charge in [0.05, 0.1) is 23.2 Å². The van der Waals surface area contributed by atoms with Crippen molar-refractivity contribution in [2.75, 3.05) is 39.0 Å². The van der Waals surface area contributed by atoms with Crippen LogP contribution in [0.25, 0.3) is 22.3 Å². The molecule has 14 heteroatoms. The molecule has 0 spiro atoms. The van der Waals surface area contributed by atoms with Gasteiger partial charge in [-0.1, -0.05) is 17.7 Å². The number of nitrogens with zero attached hydrogens (tertiary/aromatic N) is 7. The van der Waals surface area contributed by atoms with Crippen LogP contribution >= 0.6 is 11.6 Å². The quantitative estimate of drug-likeness (QED) is 0.331. The van der Waals surface area contributed by atoms with E-state index in [0.717, 1.165) is 0 Å². The molecule has 0 aliphatic carbocycles. The number of nitrogens with one attached hydrogen (secondary N) is 1. The number of benzene rings is 2. The summed E-state index contributed by atoms with van der Waals surface area (Å²) in [6, 6.07) is 7.28. The number of aromatic nitrogens is 4. The SMILES string of the molecule is COc1ccc(-c2nn(C(C)C3=Nc4cccc(Cl)c4C(O)N3N3CCNCC3)c3ncnc(N)c23)c(F)c1F. The summed E-state index contributed by atoms with van der Waals surface area (Å²) in [5.74, 6) is -2.02.